The highest BCUT2D eigenvalue weighted by atomic mass is 16.6. The third-order valence-corrected chi connectivity index (χ3v) is 7.65. The lowest BCUT2D eigenvalue weighted by atomic mass is 9.80. The maximum Gasteiger partial charge on any atom is 0.334 e. The Hall–Kier alpha value is -4.06. The number of aliphatic carboxylic acids is 1. The number of benzene rings is 1. The Morgan fingerprint density at radius 3 is 2.55 bits per heavy atom. The molecule has 1 saturated heterocycles. The van der Waals surface area contributed by atoms with Crippen LogP contribution in [-0.4, -0.2) is 88.6 Å². The van der Waals surface area contributed by atoms with Gasteiger partial charge in [-0.25, -0.2) is 14.8 Å². The van der Waals surface area contributed by atoms with Crippen LogP contribution in [0.15, 0.2) is 52.9 Å². The molecule has 2 atom stereocenters. The highest BCUT2D eigenvalue weighted by Gasteiger charge is 2.45. The van der Waals surface area contributed by atoms with Gasteiger partial charge in [0, 0.05) is 48.4 Å². The maximum absolute atomic E-state index is 12.1. The fourth-order valence-electron chi connectivity index (χ4n) is 5.56. The van der Waals surface area contributed by atoms with Crippen LogP contribution >= 0.6 is 0 Å². The van der Waals surface area contributed by atoms with Crippen LogP contribution in [0.1, 0.15) is 57.9 Å². The van der Waals surface area contributed by atoms with Crippen molar-refractivity contribution in [3.63, 3.8) is 0 Å². The largest absolute Gasteiger partial charge is 0.493 e. The Labute approximate surface area is 246 Å². The van der Waals surface area contributed by atoms with Gasteiger partial charge in [-0.2, -0.15) is 0 Å². The Morgan fingerprint density at radius 1 is 1.07 bits per heavy atom. The highest BCUT2D eigenvalue weighted by molar-refractivity contribution is 5.97. The highest BCUT2D eigenvalue weighted by Crippen LogP contribution is 2.40. The van der Waals surface area contributed by atoms with Gasteiger partial charge in [0.1, 0.15) is 17.9 Å². The summed E-state index contributed by atoms with van der Waals surface area (Å²) >= 11 is 0. The molecule has 1 aromatic carbocycles. The van der Waals surface area contributed by atoms with Crippen molar-refractivity contribution in [3.05, 3.63) is 63.6 Å². The van der Waals surface area contributed by atoms with Crippen molar-refractivity contribution in [2.75, 3.05) is 50.8 Å². The quantitative estimate of drug-likeness (QED) is 0.196. The van der Waals surface area contributed by atoms with E-state index in [1.165, 1.54) is 0 Å². The standard InChI is InChI=1S/C30H40N6O6/c1-4-17-42-26-19-25(31-20-32-26)35-15-13-34(14-16-35)12-8-5-9-18-41-24-11-7-6-10-23(24)28-27(30(37)38)21(2)33-22(3)29(28)36(39)40/h6-7,10-11,19-20,28-29H,4-5,8-9,12-18H2,1-3H3,(H,37,38). The summed E-state index contributed by atoms with van der Waals surface area (Å²) in [7, 11) is 0. The van der Waals surface area contributed by atoms with Crippen LogP contribution < -0.4 is 14.4 Å². The molecule has 2 aliphatic heterocycles. The summed E-state index contributed by atoms with van der Waals surface area (Å²) in [5.41, 5.74) is 0.992. The van der Waals surface area contributed by atoms with E-state index >= 15 is 0 Å². The second-order valence-corrected chi connectivity index (χ2v) is 10.6. The number of rotatable bonds is 14. The van der Waals surface area contributed by atoms with Crippen LogP contribution in [0, 0.1) is 10.1 Å². The van der Waals surface area contributed by atoms with E-state index in [2.05, 4.69) is 31.7 Å². The van der Waals surface area contributed by atoms with Gasteiger partial charge in [-0.05, 0) is 52.1 Å². The molecular formula is C30H40N6O6. The van der Waals surface area contributed by atoms with Gasteiger partial charge >= 0.3 is 5.97 Å². The molecular weight excluding hydrogens is 540 g/mol. The first-order valence-corrected chi connectivity index (χ1v) is 14.6. The lowest BCUT2D eigenvalue weighted by Crippen LogP contribution is -2.46. The monoisotopic (exact) mass is 580 g/mol. The molecule has 4 rings (SSSR count). The van der Waals surface area contributed by atoms with Gasteiger partial charge < -0.3 is 19.5 Å². The lowest BCUT2D eigenvalue weighted by molar-refractivity contribution is -0.505. The number of hydrogen-bond acceptors (Lipinski definition) is 10. The van der Waals surface area contributed by atoms with E-state index in [-0.39, 0.29) is 17.0 Å². The molecule has 0 amide bonds. The molecule has 2 aliphatic rings. The number of para-hydroxylation sites is 1. The lowest BCUT2D eigenvalue weighted by Gasteiger charge is -2.35. The van der Waals surface area contributed by atoms with Crippen LogP contribution in [-0.2, 0) is 4.79 Å². The number of carbonyl (C=O) groups is 1. The first kappa shape index (κ1) is 30.9. The number of carboxylic acids is 1. The van der Waals surface area contributed by atoms with Crippen molar-refractivity contribution < 1.29 is 24.3 Å². The Kier molecular flexibility index (Phi) is 10.8. The number of allylic oxidation sites excluding steroid dienone is 1. The number of aliphatic imine (C=N–C) groups is 1. The van der Waals surface area contributed by atoms with Crippen LogP contribution in [0.5, 0.6) is 11.6 Å². The van der Waals surface area contributed by atoms with Crippen LogP contribution in [0.2, 0.25) is 0 Å². The predicted molar refractivity (Wildman–Crippen MR) is 159 cm³/mol. The number of aromatic nitrogens is 2. The number of unbranched alkanes of at least 4 members (excludes halogenated alkanes) is 2. The molecule has 1 fully saturated rings. The summed E-state index contributed by atoms with van der Waals surface area (Å²) in [6.45, 7) is 11.0. The van der Waals surface area contributed by atoms with Crippen LogP contribution in [0.4, 0.5) is 5.82 Å². The minimum Gasteiger partial charge on any atom is -0.493 e. The van der Waals surface area contributed by atoms with Crippen molar-refractivity contribution in [2.45, 2.75) is 58.4 Å². The summed E-state index contributed by atoms with van der Waals surface area (Å²) in [6.07, 6.45) is 5.31. The molecule has 0 radical (unpaired) electrons. The molecule has 12 nitrogen and oxygen atoms in total. The number of nitrogens with zero attached hydrogens (tertiary/aromatic N) is 6. The van der Waals surface area contributed by atoms with E-state index in [0.717, 1.165) is 64.2 Å². The molecule has 1 N–H and O–H groups in total. The van der Waals surface area contributed by atoms with Crippen LogP contribution in [0.3, 0.4) is 0 Å². The van der Waals surface area contributed by atoms with E-state index < -0.39 is 22.9 Å². The van der Waals surface area contributed by atoms with Crippen molar-refractivity contribution in [2.24, 2.45) is 4.99 Å². The molecule has 1 aromatic heterocycles. The smallest absolute Gasteiger partial charge is 0.334 e. The molecule has 2 unspecified atom stereocenters. The molecule has 0 bridgehead atoms. The fourth-order valence-corrected chi connectivity index (χ4v) is 5.56. The SMILES string of the molecule is CCCOc1cc(N2CCN(CCCCCOc3ccccc3C3C(C(=O)O)=C(C)N=C(C)C3[N+](=O)[O-])CC2)ncn1. The Bertz CT molecular complexity index is 1310. The van der Waals surface area contributed by atoms with Crippen LogP contribution in [0.25, 0.3) is 0 Å². The van der Waals surface area contributed by atoms with Gasteiger partial charge in [-0.3, -0.25) is 20.0 Å². The molecule has 0 spiro atoms. The molecule has 2 aromatic rings. The van der Waals surface area contributed by atoms with Gasteiger partial charge in [0.15, 0.2) is 0 Å². The molecule has 3 heterocycles. The normalized spacial score (nSPS) is 19.4. The molecule has 12 heteroatoms. The second-order valence-electron chi connectivity index (χ2n) is 10.6. The summed E-state index contributed by atoms with van der Waals surface area (Å²) in [5.74, 6) is -0.209. The van der Waals surface area contributed by atoms with Gasteiger partial charge in [-0.1, -0.05) is 25.1 Å². The van der Waals surface area contributed by atoms with Crippen molar-refractivity contribution in [1.82, 2.24) is 14.9 Å². The van der Waals surface area contributed by atoms with Crippen molar-refractivity contribution in [3.8, 4) is 11.6 Å². The molecule has 0 aliphatic carbocycles. The number of anilines is 1. The number of ether oxygens (including phenoxy) is 2. The zero-order valence-electron chi connectivity index (χ0n) is 24.6. The average molecular weight is 581 g/mol. The number of hydrogen-bond donors (Lipinski definition) is 1. The summed E-state index contributed by atoms with van der Waals surface area (Å²) in [4.78, 5) is 41.2. The Morgan fingerprint density at radius 2 is 1.83 bits per heavy atom. The van der Waals surface area contributed by atoms with E-state index in [0.29, 0.717) is 30.4 Å². The summed E-state index contributed by atoms with van der Waals surface area (Å²) < 4.78 is 11.7. The van der Waals surface area contributed by atoms with Crippen molar-refractivity contribution in [1.29, 1.82) is 0 Å². The van der Waals surface area contributed by atoms with E-state index in [1.54, 1.807) is 44.4 Å². The predicted octanol–water partition coefficient (Wildman–Crippen LogP) is 4.20. The summed E-state index contributed by atoms with van der Waals surface area (Å²) in [6, 6.07) is 7.64. The van der Waals surface area contributed by atoms with Crippen molar-refractivity contribution >= 4 is 17.5 Å². The number of carboxylic acid groups (broad SMARTS) is 1. The van der Waals surface area contributed by atoms with Gasteiger partial charge in [-0.15, -0.1) is 0 Å². The average Bonchev–Trinajstić information content (AvgIpc) is 2.97. The Balaban J connectivity index is 1.25. The fraction of sp³-hybridized carbons (Fsp3) is 0.533. The number of nitro groups is 1. The van der Waals surface area contributed by atoms with Gasteiger partial charge in [0.05, 0.1) is 30.4 Å². The molecule has 0 saturated carbocycles. The second kappa shape index (κ2) is 14.7. The van der Waals surface area contributed by atoms with E-state index in [9.17, 15) is 20.0 Å². The van der Waals surface area contributed by atoms with E-state index in [1.807, 2.05) is 6.07 Å². The zero-order valence-corrected chi connectivity index (χ0v) is 24.6. The molecule has 226 valence electrons. The maximum atomic E-state index is 12.1. The minimum absolute atomic E-state index is 0.0663. The summed E-state index contributed by atoms with van der Waals surface area (Å²) in [5, 5.41) is 21.9. The minimum atomic E-state index is -1.27. The molecule has 42 heavy (non-hydrogen) atoms. The van der Waals surface area contributed by atoms with Gasteiger partial charge in [0.25, 0.3) is 6.04 Å². The third kappa shape index (κ3) is 7.61. The first-order chi connectivity index (χ1) is 20.3. The van der Waals surface area contributed by atoms with Gasteiger partial charge in [0.2, 0.25) is 5.88 Å². The van der Waals surface area contributed by atoms with E-state index in [4.69, 9.17) is 9.47 Å². The third-order valence-electron chi connectivity index (χ3n) is 7.65. The number of piperazine rings is 1. The zero-order chi connectivity index (χ0) is 30.1. The topological polar surface area (TPSA) is 144 Å². The first-order valence-electron chi connectivity index (χ1n) is 14.6.